The summed E-state index contributed by atoms with van der Waals surface area (Å²) < 4.78 is 0. The maximum atomic E-state index is 13.5. The number of thioether (sulfide) groups is 1. The Balaban J connectivity index is 1.69. The number of para-hydroxylation sites is 1. The normalized spacial score (nSPS) is 20.9. The van der Waals surface area contributed by atoms with Crippen molar-refractivity contribution in [3.8, 4) is 6.07 Å². The van der Waals surface area contributed by atoms with E-state index in [1.807, 2.05) is 42.5 Å². The van der Waals surface area contributed by atoms with E-state index in [2.05, 4.69) is 13.0 Å². The van der Waals surface area contributed by atoms with Crippen LogP contribution in [-0.2, 0) is 16.0 Å². The second kappa shape index (κ2) is 9.81. The predicted molar refractivity (Wildman–Crippen MR) is 128 cm³/mol. The minimum atomic E-state index is -0.427. The van der Waals surface area contributed by atoms with Gasteiger partial charge >= 0.3 is 0 Å². The number of rotatable bonds is 4. The molecule has 1 atom stereocenters. The highest BCUT2D eigenvalue weighted by molar-refractivity contribution is 8.05. The number of piperidine rings is 1. The molecule has 0 bridgehead atoms. The standard InChI is InChI=1S/C25H24ClN3O2S/c1-17-11-13-28(14-12-17)23(30)21(16-27)25-29(20-5-3-2-4-6-20)24(31)22(32-25)15-18-7-9-19(26)10-8-18/h2-10,17,22H,11-15H2,1H3/b25-21-/t22-/m0/s1. The molecule has 2 amide bonds. The molecule has 2 saturated heterocycles. The van der Waals surface area contributed by atoms with Gasteiger partial charge in [-0.15, -0.1) is 0 Å². The molecule has 0 radical (unpaired) electrons. The van der Waals surface area contributed by atoms with E-state index in [0.717, 1.165) is 18.4 Å². The number of amides is 2. The fourth-order valence-corrected chi connectivity index (χ4v) is 5.42. The van der Waals surface area contributed by atoms with Gasteiger partial charge in [0.25, 0.3) is 5.91 Å². The molecule has 7 heteroatoms. The first-order valence-electron chi connectivity index (χ1n) is 10.7. The van der Waals surface area contributed by atoms with E-state index < -0.39 is 5.25 Å². The number of hydrogen-bond acceptors (Lipinski definition) is 4. The fourth-order valence-electron chi connectivity index (χ4n) is 3.99. The van der Waals surface area contributed by atoms with Crippen LogP contribution in [-0.4, -0.2) is 35.1 Å². The monoisotopic (exact) mass is 465 g/mol. The van der Waals surface area contributed by atoms with Crippen LogP contribution in [0.25, 0.3) is 0 Å². The summed E-state index contributed by atoms with van der Waals surface area (Å²) >= 11 is 7.29. The summed E-state index contributed by atoms with van der Waals surface area (Å²) in [6, 6.07) is 18.7. The molecule has 32 heavy (non-hydrogen) atoms. The van der Waals surface area contributed by atoms with E-state index >= 15 is 0 Å². The number of hydrogen-bond donors (Lipinski definition) is 0. The van der Waals surface area contributed by atoms with Gasteiger partial charge < -0.3 is 4.90 Å². The van der Waals surface area contributed by atoms with E-state index in [9.17, 15) is 14.9 Å². The smallest absolute Gasteiger partial charge is 0.267 e. The first kappa shape index (κ1) is 22.4. The molecule has 5 nitrogen and oxygen atoms in total. The van der Waals surface area contributed by atoms with E-state index in [4.69, 9.17) is 11.6 Å². The Hall–Kier alpha value is -2.75. The number of nitrogens with zero attached hydrogens (tertiary/aromatic N) is 3. The average Bonchev–Trinajstić information content (AvgIpc) is 3.12. The van der Waals surface area contributed by atoms with Gasteiger partial charge in [0, 0.05) is 23.8 Å². The number of carbonyl (C=O) groups excluding carboxylic acids is 2. The van der Waals surface area contributed by atoms with Crippen LogP contribution in [0.2, 0.25) is 5.02 Å². The summed E-state index contributed by atoms with van der Waals surface area (Å²) in [5, 5.41) is 10.6. The van der Waals surface area contributed by atoms with Crippen LogP contribution in [0, 0.1) is 17.2 Å². The number of likely N-dealkylation sites (tertiary alicyclic amines) is 1. The van der Waals surface area contributed by atoms with Crippen molar-refractivity contribution in [2.45, 2.75) is 31.4 Å². The SMILES string of the molecule is CC1CCN(C(=O)/C(C#N)=C2\S[C@@H](Cc3ccc(Cl)cc3)C(=O)N2c2ccccc2)CC1. The van der Waals surface area contributed by atoms with E-state index in [1.54, 1.807) is 17.0 Å². The average molecular weight is 466 g/mol. The van der Waals surface area contributed by atoms with Crippen LogP contribution in [0.4, 0.5) is 5.69 Å². The second-order valence-corrected chi connectivity index (χ2v) is 9.84. The van der Waals surface area contributed by atoms with Gasteiger partial charge in [-0.1, -0.05) is 60.6 Å². The van der Waals surface area contributed by atoms with E-state index in [1.165, 1.54) is 16.7 Å². The summed E-state index contributed by atoms with van der Waals surface area (Å²) in [5.74, 6) is 0.158. The molecular weight excluding hydrogens is 442 g/mol. The summed E-state index contributed by atoms with van der Waals surface area (Å²) in [4.78, 5) is 30.0. The zero-order valence-electron chi connectivity index (χ0n) is 17.8. The fraction of sp³-hybridized carbons (Fsp3) is 0.320. The minimum Gasteiger partial charge on any atom is -0.338 e. The molecule has 0 N–H and O–H groups in total. The van der Waals surface area contributed by atoms with Gasteiger partial charge in [-0.2, -0.15) is 5.26 Å². The summed E-state index contributed by atoms with van der Waals surface area (Å²) in [6.07, 6.45) is 2.34. The van der Waals surface area contributed by atoms with Crippen molar-refractivity contribution in [1.29, 1.82) is 5.26 Å². The minimum absolute atomic E-state index is 0.0420. The molecule has 0 saturated carbocycles. The van der Waals surface area contributed by atoms with Gasteiger partial charge in [0.2, 0.25) is 5.91 Å². The largest absolute Gasteiger partial charge is 0.338 e. The van der Waals surface area contributed by atoms with Gasteiger partial charge in [0.1, 0.15) is 16.7 Å². The Kier molecular flexibility index (Phi) is 6.88. The lowest BCUT2D eigenvalue weighted by molar-refractivity contribution is -0.128. The Morgan fingerprint density at radius 3 is 2.41 bits per heavy atom. The second-order valence-electron chi connectivity index (χ2n) is 8.21. The molecule has 2 aromatic carbocycles. The predicted octanol–water partition coefficient (Wildman–Crippen LogP) is 5.02. The molecule has 2 aliphatic heterocycles. The lowest BCUT2D eigenvalue weighted by Gasteiger charge is -2.30. The lowest BCUT2D eigenvalue weighted by Crippen LogP contribution is -2.39. The van der Waals surface area contributed by atoms with Crippen molar-refractivity contribution >= 4 is 40.9 Å². The Morgan fingerprint density at radius 1 is 1.12 bits per heavy atom. The van der Waals surface area contributed by atoms with Gasteiger partial charge in [0.05, 0.1) is 5.25 Å². The van der Waals surface area contributed by atoms with Crippen molar-refractivity contribution in [1.82, 2.24) is 4.90 Å². The van der Waals surface area contributed by atoms with Crippen LogP contribution in [0.5, 0.6) is 0 Å². The first-order valence-corrected chi connectivity index (χ1v) is 12.0. The van der Waals surface area contributed by atoms with Crippen molar-refractivity contribution in [3.63, 3.8) is 0 Å². The number of anilines is 1. The molecule has 2 aliphatic rings. The highest BCUT2D eigenvalue weighted by atomic mass is 35.5. The van der Waals surface area contributed by atoms with Crippen LogP contribution in [0.15, 0.2) is 65.2 Å². The van der Waals surface area contributed by atoms with Crippen molar-refractivity contribution in [3.05, 3.63) is 75.8 Å². The molecule has 0 aromatic heterocycles. The quantitative estimate of drug-likeness (QED) is 0.469. The van der Waals surface area contributed by atoms with Crippen molar-refractivity contribution < 1.29 is 9.59 Å². The van der Waals surface area contributed by atoms with E-state index in [0.29, 0.717) is 41.2 Å². The third-order valence-corrected chi connectivity index (χ3v) is 7.43. The molecule has 2 heterocycles. The third kappa shape index (κ3) is 4.69. The zero-order valence-corrected chi connectivity index (χ0v) is 19.4. The molecule has 2 aromatic rings. The van der Waals surface area contributed by atoms with Crippen LogP contribution >= 0.6 is 23.4 Å². The molecule has 4 rings (SSSR count). The maximum absolute atomic E-state index is 13.5. The molecule has 0 unspecified atom stereocenters. The maximum Gasteiger partial charge on any atom is 0.267 e. The zero-order chi connectivity index (χ0) is 22.7. The first-order chi connectivity index (χ1) is 15.5. The van der Waals surface area contributed by atoms with Gasteiger partial charge in [-0.25, -0.2) is 0 Å². The molecular formula is C25H24ClN3O2S. The van der Waals surface area contributed by atoms with Crippen LogP contribution in [0.1, 0.15) is 25.3 Å². The van der Waals surface area contributed by atoms with Gasteiger partial charge in [0.15, 0.2) is 0 Å². The molecule has 0 spiro atoms. The summed E-state index contributed by atoms with van der Waals surface area (Å²) in [7, 11) is 0. The molecule has 2 fully saturated rings. The summed E-state index contributed by atoms with van der Waals surface area (Å²) in [6.45, 7) is 3.45. The number of benzene rings is 2. The topological polar surface area (TPSA) is 64.4 Å². The highest BCUT2D eigenvalue weighted by Gasteiger charge is 2.41. The van der Waals surface area contributed by atoms with Crippen LogP contribution < -0.4 is 4.90 Å². The highest BCUT2D eigenvalue weighted by Crippen LogP contribution is 2.42. The van der Waals surface area contributed by atoms with Crippen molar-refractivity contribution in [2.24, 2.45) is 5.92 Å². The lowest BCUT2D eigenvalue weighted by atomic mass is 9.99. The van der Waals surface area contributed by atoms with Gasteiger partial charge in [-0.3, -0.25) is 14.5 Å². The number of halogens is 1. The molecule has 164 valence electrons. The van der Waals surface area contributed by atoms with Crippen molar-refractivity contribution in [2.75, 3.05) is 18.0 Å². The number of nitriles is 1. The Morgan fingerprint density at radius 2 is 1.78 bits per heavy atom. The third-order valence-electron chi connectivity index (χ3n) is 5.91. The Labute approximate surface area is 197 Å². The number of carbonyl (C=O) groups is 2. The van der Waals surface area contributed by atoms with Crippen LogP contribution in [0.3, 0.4) is 0 Å². The van der Waals surface area contributed by atoms with Gasteiger partial charge in [-0.05, 0) is 55.0 Å². The molecule has 0 aliphatic carbocycles. The Bertz CT molecular complexity index is 1070. The summed E-state index contributed by atoms with van der Waals surface area (Å²) in [5.41, 5.74) is 1.68. The van der Waals surface area contributed by atoms with E-state index in [-0.39, 0.29) is 17.4 Å².